The molecular formula is C12H12F3N3O. The summed E-state index contributed by atoms with van der Waals surface area (Å²) in [5.41, 5.74) is 0.00522. The molecule has 0 bridgehead atoms. The van der Waals surface area contributed by atoms with E-state index in [9.17, 15) is 13.2 Å². The molecule has 0 spiro atoms. The van der Waals surface area contributed by atoms with Crippen LogP contribution in [-0.4, -0.2) is 16.7 Å². The average Bonchev–Trinajstić information content (AvgIpc) is 2.84. The van der Waals surface area contributed by atoms with Crippen molar-refractivity contribution in [3.8, 4) is 11.5 Å². The van der Waals surface area contributed by atoms with Gasteiger partial charge in [0, 0.05) is 5.56 Å². The number of rotatable bonds is 5. The van der Waals surface area contributed by atoms with Gasteiger partial charge < -0.3 is 9.73 Å². The molecule has 1 aromatic carbocycles. The van der Waals surface area contributed by atoms with E-state index in [-0.39, 0.29) is 11.5 Å². The molecule has 0 unspecified atom stereocenters. The summed E-state index contributed by atoms with van der Waals surface area (Å²) in [5, 5.41) is 10.4. The molecule has 19 heavy (non-hydrogen) atoms. The van der Waals surface area contributed by atoms with Crippen LogP contribution >= 0.6 is 0 Å². The van der Waals surface area contributed by atoms with Crippen molar-refractivity contribution in [1.29, 1.82) is 0 Å². The number of hydrogen-bond donors (Lipinski definition) is 1. The molecule has 1 heterocycles. The second-order valence-corrected chi connectivity index (χ2v) is 3.93. The van der Waals surface area contributed by atoms with Crippen molar-refractivity contribution in [1.82, 2.24) is 15.5 Å². The quantitative estimate of drug-likeness (QED) is 0.671. The third kappa shape index (κ3) is 3.11. The molecule has 2 aromatic rings. The van der Waals surface area contributed by atoms with Crippen LogP contribution in [0.15, 0.2) is 16.5 Å². The van der Waals surface area contributed by atoms with Gasteiger partial charge in [-0.3, -0.25) is 0 Å². The summed E-state index contributed by atoms with van der Waals surface area (Å²) >= 11 is 0. The van der Waals surface area contributed by atoms with Crippen molar-refractivity contribution in [3.63, 3.8) is 0 Å². The molecule has 1 N–H and O–H groups in total. The molecule has 0 amide bonds. The Labute approximate surface area is 107 Å². The van der Waals surface area contributed by atoms with Gasteiger partial charge in [-0.1, -0.05) is 6.92 Å². The standard InChI is InChI=1S/C12H12F3N3O/c1-2-3-16-6-10-17-18-12(19-10)7-4-8(13)11(15)9(14)5-7/h4-5,16H,2-3,6H2,1H3. The molecule has 0 aliphatic rings. The van der Waals surface area contributed by atoms with Gasteiger partial charge in [-0.15, -0.1) is 10.2 Å². The van der Waals surface area contributed by atoms with Crippen LogP contribution in [0.1, 0.15) is 19.2 Å². The summed E-state index contributed by atoms with van der Waals surface area (Å²) in [6.07, 6.45) is 0.954. The van der Waals surface area contributed by atoms with E-state index < -0.39 is 17.5 Å². The lowest BCUT2D eigenvalue weighted by Crippen LogP contribution is -2.13. The summed E-state index contributed by atoms with van der Waals surface area (Å²) in [5.74, 6) is -3.86. The summed E-state index contributed by atoms with van der Waals surface area (Å²) in [6.45, 7) is 3.17. The van der Waals surface area contributed by atoms with Gasteiger partial charge in [0.25, 0.3) is 0 Å². The Morgan fingerprint density at radius 2 is 1.84 bits per heavy atom. The predicted molar refractivity (Wildman–Crippen MR) is 61.6 cm³/mol. The number of hydrogen-bond acceptors (Lipinski definition) is 4. The highest BCUT2D eigenvalue weighted by Crippen LogP contribution is 2.22. The van der Waals surface area contributed by atoms with E-state index in [0.29, 0.717) is 12.4 Å². The van der Waals surface area contributed by atoms with Crippen LogP contribution < -0.4 is 5.32 Å². The van der Waals surface area contributed by atoms with E-state index in [1.165, 1.54) is 0 Å². The van der Waals surface area contributed by atoms with Crippen LogP contribution in [0.25, 0.3) is 11.5 Å². The highest BCUT2D eigenvalue weighted by Gasteiger charge is 2.15. The van der Waals surface area contributed by atoms with Crippen molar-refractivity contribution in [2.75, 3.05) is 6.54 Å². The molecule has 0 saturated carbocycles. The fourth-order valence-corrected chi connectivity index (χ4v) is 1.49. The first-order valence-electron chi connectivity index (χ1n) is 5.79. The lowest BCUT2D eigenvalue weighted by molar-refractivity contribution is 0.445. The van der Waals surface area contributed by atoms with Gasteiger partial charge in [-0.2, -0.15) is 0 Å². The second-order valence-electron chi connectivity index (χ2n) is 3.93. The molecule has 0 atom stereocenters. The third-order valence-corrected chi connectivity index (χ3v) is 2.40. The van der Waals surface area contributed by atoms with Crippen LogP contribution in [0.4, 0.5) is 13.2 Å². The molecule has 0 saturated heterocycles. The van der Waals surface area contributed by atoms with Crippen LogP contribution in [0.2, 0.25) is 0 Å². The number of nitrogens with one attached hydrogen (secondary N) is 1. The lowest BCUT2D eigenvalue weighted by Gasteiger charge is -1.99. The maximum absolute atomic E-state index is 13.1. The van der Waals surface area contributed by atoms with E-state index in [4.69, 9.17) is 4.42 Å². The number of benzene rings is 1. The Balaban J connectivity index is 2.18. The van der Waals surface area contributed by atoms with E-state index in [0.717, 1.165) is 25.1 Å². The minimum absolute atomic E-state index is 0.00522. The molecule has 4 nitrogen and oxygen atoms in total. The molecule has 102 valence electrons. The van der Waals surface area contributed by atoms with E-state index in [2.05, 4.69) is 15.5 Å². The number of halogens is 3. The smallest absolute Gasteiger partial charge is 0.248 e. The topological polar surface area (TPSA) is 51.0 Å². The maximum atomic E-state index is 13.1. The molecule has 0 aliphatic heterocycles. The first-order valence-corrected chi connectivity index (χ1v) is 5.79. The number of nitrogens with zero attached hydrogens (tertiary/aromatic N) is 2. The molecule has 0 fully saturated rings. The predicted octanol–water partition coefficient (Wildman–Crippen LogP) is 2.65. The molecule has 7 heteroatoms. The Morgan fingerprint density at radius 1 is 1.16 bits per heavy atom. The molecule has 0 radical (unpaired) electrons. The summed E-state index contributed by atoms with van der Waals surface area (Å²) in [6, 6.07) is 1.63. The Hall–Kier alpha value is -1.89. The summed E-state index contributed by atoms with van der Waals surface area (Å²) < 4.78 is 44.2. The van der Waals surface area contributed by atoms with Crippen molar-refractivity contribution >= 4 is 0 Å². The first-order chi connectivity index (χ1) is 9.11. The Kier molecular flexibility index (Phi) is 4.16. The fraction of sp³-hybridized carbons (Fsp3) is 0.333. The van der Waals surface area contributed by atoms with Gasteiger partial charge in [0.2, 0.25) is 11.8 Å². The van der Waals surface area contributed by atoms with Crippen LogP contribution in [0, 0.1) is 17.5 Å². The van der Waals surface area contributed by atoms with Gasteiger partial charge in [0.15, 0.2) is 17.5 Å². The van der Waals surface area contributed by atoms with Gasteiger partial charge in [-0.05, 0) is 25.1 Å². The van der Waals surface area contributed by atoms with Crippen LogP contribution in [0.5, 0.6) is 0 Å². The molecule has 2 rings (SSSR count). The number of aromatic nitrogens is 2. The summed E-state index contributed by atoms with van der Waals surface area (Å²) in [4.78, 5) is 0. The van der Waals surface area contributed by atoms with Crippen LogP contribution in [-0.2, 0) is 6.54 Å². The van der Waals surface area contributed by atoms with Gasteiger partial charge in [0.1, 0.15) is 0 Å². The van der Waals surface area contributed by atoms with Crippen molar-refractivity contribution < 1.29 is 17.6 Å². The summed E-state index contributed by atoms with van der Waals surface area (Å²) in [7, 11) is 0. The van der Waals surface area contributed by atoms with Crippen molar-refractivity contribution in [2.45, 2.75) is 19.9 Å². The van der Waals surface area contributed by atoms with Gasteiger partial charge in [0.05, 0.1) is 6.54 Å². The lowest BCUT2D eigenvalue weighted by atomic mass is 10.2. The monoisotopic (exact) mass is 271 g/mol. The van der Waals surface area contributed by atoms with E-state index in [1.807, 2.05) is 6.92 Å². The highest BCUT2D eigenvalue weighted by molar-refractivity contribution is 5.52. The molecular weight excluding hydrogens is 259 g/mol. The zero-order valence-electron chi connectivity index (χ0n) is 10.2. The zero-order chi connectivity index (χ0) is 13.8. The second kappa shape index (κ2) is 5.83. The van der Waals surface area contributed by atoms with E-state index in [1.54, 1.807) is 0 Å². The highest BCUT2D eigenvalue weighted by atomic mass is 19.2. The Morgan fingerprint density at radius 3 is 2.47 bits per heavy atom. The largest absolute Gasteiger partial charge is 0.419 e. The Bertz CT molecular complexity index is 548. The maximum Gasteiger partial charge on any atom is 0.248 e. The van der Waals surface area contributed by atoms with Gasteiger partial charge >= 0.3 is 0 Å². The third-order valence-electron chi connectivity index (χ3n) is 2.40. The van der Waals surface area contributed by atoms with Crippen LogP contribution in [0.3, 0.4) is 0 Å². The molecule has 1 aromatic heterocycles. The SMILES string of the molecule is CCCNCc1nnc(-c2cc(F)c(F)c(F)c2)o1. The fourth-order valence-electron chi connectivity index (χ4n) is 1.49. The average molecular weight is 271 g/mol. The molecule has 0 aliphatic carbocycles. The zero-order valence-corrected chi connectivity index (χ0v) is 10.2. The van der Waals surface area contributed by atoms with Gasteiger partial charge in [-0.25, -0.2) is 13.2 Å². The van der Waals surface area contributed by atoms with Crippen molar-refractivity contribution in [3.05, 3.63) is 35.5 Å². The normalized spacial score (nSPS) is 10.9. The minimum Gasteiger partial charge on any atom is -0.419 e. The minimum atomic E-state index is -1.52. The first kappa shape index (κ1) is 13.5. The van der Waals surface area contributed by atoms with E-state index >= 15 is 0 Å². The van der Waals surface area contributed by atoms with Crippen molar-refractivity contribution in [2.24, 2.45) is 0 Å².